The smallest absolute Gasteiger partial charge is 0.344 e. The molecule has 5 rings (SSSR count). The Hall–Kier alpha value is -4.44. The zero-order valence-corrected chi connectivity index (χ0v) is 16.9. The van der Waals surface area contributed by atoms with Gasteiger partial charge in [-0.2, -0.15) is 5.26 Å². The van der Waals surface area contributed by atoms with E-state index in [4.69, 9.17) is 14.9 Å². The molecule has 2 N–H and O–H groups in total. The summed E-state index contributed by atoms with van der Waals surface area (Å²) in [6.45, 7) is 1.91. The fraction of sp³-hybridized carbons (Fsp3) is 0.0800. The average Bonchev–Trinajstić information content (AvgIpc) is 2.79. The summed E-state index contributed by atoms with van der Waals surface area (Å²) in [5, 5.41) is 10.0. The van der Waals surface area contributed by atoms with Crippen molar-refractivity contribution in [2.45, 2.75) is 12.8 Å². The first-order chi connectivity index (χ1) is 15.5. The first kappa shape index (κ1) is 19.5. The van der Waals surface area contributed by atoms with Gasteiger partial charge in [-0.15, -0.1) is 0 Å². The van der Waals surface area contributed by atoms with E-state index in [9.17, 15) is 14.4 Å². The van der Waals surface area contributed by atoms with Crippen LogP contribution in [0.1, 0.15) is 22.7 Å². The first-order valence-electron chi connectivity index (χ1n) is 9.83. The quantitative estimate of drug-likeness (QED) is 0.474. The van der Waals surface area contributed by atoms with Crippen LogP contribution in [0.2, 0.25) is 0 Å². The van der Waals surface area contributed by atoms with Gasteiger partial charge in [-0.1, -0.05) is 30.3 Å². The minimum absolute atomic E-state index is 0.0882. The van der Waals surface area contributed by atoms with Gasteiger partial charge < -0.3 is 14.9 Å². The molecule has 1 aliphatic rings. The molecule has 4 aromatic rings. The van der Waals surface area contributed by atoms with Gasteiger partial charge in [0.05, 0.1) is 16.9 Å². The Labute approximate surface area is 182 Å². The highest BCUT2D eigenvalue weighted by atomic mass is 19.1. The van der Waals surface area contributed by atoms with Crippen molar-refractivity contribution in [1.82, 2.24) is 4.98 Å². The van der Waals surface area contributed by atoms with Gasteiger partial charge in [-0.3, -0.25) is 4.98 Å². The number of aromatic nitrogens is 1. The largest absolute Gasteiger partial charge is 0.439 e. The predicted octanol–water partition coefficient (Wildman–Crippen LogP) is 4.52. The molecule has 0 aliphatic carbocycles. The van der Waals surface area contributed by atoms with Gasteiger partial charge in [0.2, 0.25) is 5.88 Å². The van der Waals surface area contributed by atoms with Crippen molar-refractivity contribution in [3.8, 4) is 22.9 Å². The highest BCUT2D eigenvalue weighted by Gasteiger charge is 2.35. The monoisotopic (exact) mass is 425 g/mol. The predicted molar refractivity (Wildman–Crippen MR) is 116 cm³/mol. The molecule has 6 nitrogen and oxygen atoms in total. The van der Waals surface area contributed by atoms with Crippen molar-refractivity contribution in [3.05, 3.63) is 105 Å². The topological polar surface area (TPSA) is 102 Å². The van der Waals surface area contributed by atoms with Gasteiger partial charge in [0.15, 0.2) is 5.75 Å². The van der Waals surface area contributed by atoms with E-state index in [2.05, 4.69) is 4.98 Å². The highest BCUT2D eigenvalue weighted by molar-refractivity contribution is 5.86. The molecular weight excluding hydrogens is 409 g/mol. The number of benzene rings is 2. The van der Waals surface area contributed by atoms with Crippen LogP contribution in [0.15, 0.2) is 81.5 Å². The first-order valence-corrected chi connectivity index (χ1v) is 9.83. The molecule has 1 aliphatic heterocycles. The van der Waals surface area contributed by atoms with Gasteiger partial charge in [-0.05, 0) is 42.3 Å². The Morgan fingerprint density at radius 2 is 1.84 bits per heavy atom. The van der Waals surface area contributed by atoms with Crippen LogP contribution in [-0.4, -0.2) is 4.98 Å². The van der Waals surface area contributed by atoms with Crippen LogP contribution in [0.4, 0.5) is 4.39 Å². The van der Waals surface area contributed by atoms with Gasteiger partial charge in [0.25, 0.3) is 0 Å². The summed E-state index contributed by atoms with van der Waals surface area (Å²) < 4.78 is 25.0. The normalized spacial score (nSPS) is 15.2. The van der Waals surface area contributed by atoms with Gasteiger partial charge >= 0.3 is 5.63 Å². The van der Waals surface area contributed by atoms with E-state index in [0.29, 0.717) is 5.56 Å². The van der Waals surface area contributed by atoms with Crippen LogP contribution >= 0.6 is 0 Å². The molecule has 2 aromatic heterocycles. The average molecular weight is 425 g/mol. The molecule has 32 heavy (non-hydrogen) atoms. The molecule has 3 heterocycles. The second kappa shape index (κ2) is 7.36. The van der Waals surface area contributed by atoms with E-state index >= 15 is 0 Å². The number of rotatable bonds is 2. The third kappa shape index (κ3) is 3.10. The zero-order valence-electron chi connectivity index (χ0n) is 16.9. The lowest BCUT2D eigenvalue weighted by Crippen LogP contribution is -2.26. The summed E-state index contributed by atoms with van der Waals surface area (Å²) in [5.74, 6) is -1.35. The number of nitrogens with two attached hydrogens (primary N) is 1. The molecule has 1 unspecified atom stereocenters. The third-order valence-corrected chi connectivity index (χ3v) is 5.52. The van der Waals surface area contributed by atoms with E-state index in [-0.39, 0.29) is 33.7 Å². The number of nitrogens with zero attached hydrogens (tertiary/aromatic N) is 2. The zero-order chi connectivity index (χ0) is 22.4. The van der Waals surface area contributed by atoms with Gasteiger partial charge in [0.1, 0.15) is 23.0 Å². The van der Waals surface area contributed by atoms with Crippen molar-refractivity contribution >= 4 is 11.0 Å². The van der Waals surface area contributed by atoms with E-state index in [1.807, 2.05) is 49.4 Å². The van der Waals surface area contributed by atoms with E-state index in [0.717, 1.165) is 16.8 Å². The number of nitriles is 1. The van der Waals surface area contributed by atoms with Crippen molar-refractivity contribution in [2.75, 3.05) is 0 Å². The number of hydrogen-bond donors (Lipinski definition) is 1. The molecule has 7 heteroatoms. The lowest BCUT2D eigenvalue weighted by molar-refractivity contribution is 0.388. The van der Waals surface area contributed by atoms with Crippen molar-refractivity contribution in [1.29, 1.82) is 5.26 Å². The molecular formula is C25H16FN3O3. The summed E-state index contributed by atoms with van der Waals surface area (Å²) in [5.41, 5.74) is 9.18. The molecule has 156 valence electrons. The Balaban J connectivity index is 1.69. The Morgan fingerprint density at radius 1 is 1.09 bits per heavy atom. The third-order valence-electron chi connectivity index (χ3n) is 5.52. The lowest BCUT2D eigenvalue weighted by Gasteiger charge is -2.26. The summed E-state index contributed by atoms with van der Waals surface area (Å²) in [6.07, 6.45) is 1.78. The van der Waals surface area contributed by atoms with Crippen LogP contribution in [-0.2, 0) is 0 Å². The molecule has 0 saturated carbocycles. The highest BCUT2D eigenvalue weighted by Crippen LogP contribution is 2.43. The van der Waals surface area contributed by atoms with E-state index < -0.39 is 17.4 Å². The van der Waals surface area contributed by atoms with E-state index in [1.54, 1.807) is 6.20 Å². The number of hydrogen-bond acceptors (Lipinski definition) is 6. The van der Waals surface area contributed by atoms with Crippen LogP contribution in [0.3, 0.4) is 0 Å². The number of ether oxygens (including phenoxy) is 1. The second-order valence-electron chi connectivity index (χ2n) is 7.51. The number of fused-ring (bicyclic) bond motifs is 3. The van der Waals surface area contributed by atoms with Gasteiger partial charge in [0, 0.05) is 17.5 Å². The number of allylic oxidation sites excluding steroid dienone is 1. The van der Waals surface area contributed by atoms with Crippen molar-refractivity contribution < 1.29 is 13.5 Å². The molecule has 1 atom stereocenters. The van der Waals surface area contributed by atoms with Crippen molar-refractivity contribution in [3.63, 3.8) is 0 Å². The fourth-order valence-corrected chi connectivity index (χ4v) is 3.93. The van der Waals surface area contributed by atoms with Crippen LogP contribution in [0.25, 0.3) is 22.1 Å². The SMILES string of the molecule is Cc1ccc(-c2ccc(C3C(C#N)=C(N)Oc4c3c(=O)oc3ccc(F)cc43)cc2)cn1. The Morgan fingerprint density at radius 3 is 2.53 bits per heavy atom. The minimum atomic E-state index is -0.808. The molecule has 0 spiro atoms. The Kier molecular flexibility index (Phi) is 4.49. The maximum Gasteiger partial charge on any atom is 0.344 e. The Bertz CT molecular complexity index is 1500. The summed E-state index contributed by atoms with van der Waals surface area (Å²) in [7, 11) is 0. The molecule has 0 bridgehead atoms. The molecule has 0 saturated heterocycles. The molecule has 0 amide bonds. The second-order valence-corrected chi connectivity index (χ2v) is 7.51. The van der Waals surface area contributed by atoms with E-state index in [1.165, 1.54) is 18.2 Å². The van der Waals surface area contributed by atoms with Gasteiger partial charge in [-0.25, -0.2) is 9.18 Å². The standard InChI is InChI=1S/C25H16FN3O3/c1-13-2-3-16(12-29-13)14-4-6-15(7-5-14)21-19(11-27)24(28)32-23-18-10-17(26)8-9-20(18)31-25(30)22(21)23/h2-10,12,21H,28H2,1H3. The van der Waals surface area contributed by atoms with Crippen LogP contribution < -0.4 is 16.1 Å². The van der Waals surface area contributed by atoms with Crippen molar-refractivity contribution in [2.24, 2.45) is 5.73 Å². The molecule has 2 aromatic carbocycles. The summed E-state index contributed by atoms with van der Waals surface area (Å²) >= 11 is 0. The lowest BCUT2D eigenvalue weighted by atomic mass is 9.83. The molecule has 0 radical (unpaired) electrons. The van der Waals surface area contributed by atoms with Crippen LogP contribution in [0.5, 0.6) is 5.75 Å². The van der Waals surface area contributed by atoms with Crippen LogP contribution in [0, 0.1) is 24.1 Å². The summed E-state index contributed by atoms with van der Waals surface area (Å²) in [4.78, 5) is 17.2. The maximum absolute atomic E-state index is 13.9. The fourth-order valence-electron chi connectivity index (χ4n) is 3.93. The molecule has 0 fully saturated rings. The number of pyridine rings is 1. The minimum Gasteiger partial charge on any atom is -0.439 e. The number of halogens is 1. The number of aryl methyl sites for hydroxylation is 1. The maximum atomic E-state index is 13.9. The summed E-state index contributed by atoms with van der Waals surface area (Å²) in [6, 6.07) is 17.1.